The Bertz CT molecular complexity index is 940. The SMILES string of the molecule is CCN(Cc1ccccc1)C(=O)c1cnc(N2CCCc3ccccc32)cn1. The highest BCUT2D eigenvalue weighted by molar-refractivity contribution is 5.92. The van der Waals surface area contributed by atoms with Crippen molar-refractivity contribution >= 4 is 17.4 Å². The van der Waals surface area contributed by atoms with Crippen molar-refractivity contribution in [3.05, 3.63) is 83.8 Å². The van der Waals surface area contributed by atoms with E-state index in [-0.39, 0.29) is 5.91 Å². The van der Waals surface area contributed by atoms with Gasteiger partial charge in [-0.15, -0.1) is 0 Å². The van der Waals surface area contributed by atoms with Crippen LogP contribution in [0.2, 0.25) is 0 Å². The van der Waals surface area contributed by atoms with E-state index in [1.54, 1.807) is 17.3 Å². The smallest absolute Gasteiger partial charge is 0.274 e. The van der Waals surface area contributed by atoms with Crippen LogP contribution in [0.4, 0.5) is 11.5 Å². The first kappa shape index (κ1) is 18.2. The fourth-order valence-corrected chi connectivity index (χ4v) is 3.64. The zero-order chi connectivity index (χ0) is 19.3. The quantitative estimate of drug-likeness (QED) is 0.673. The van der Waals surface area contributed by atoms with Gasteiger partial charge in [-0.2, -0.15) is 0 Å². The van der Waals surface area contributed by atoms with Crippen LogP contribution < -0.4 is 4.90 Å². The predicted molar refractivity (Wildman–Crippen MR) is 111 cm³/mol. The number of aryl methyl sites for hydroxylation is 1. The van der Waals surface area contributed by atoms with Crippen molar-refractivity contribution in [1.29, 1.82) is 0 Å². The van der Waals surface area contributed by atoms with Gasteiger partial charge in [0.1, 0.15) is 5.69 Å². The maximum absolute atomic E-state index is 12.9. The van der Waals surface area contributed by atoms with Crippen molar-refractivity contribution in [3.63, 3.8) is 0 Å². The molecule has 0 N–H and O–H groups in total. The summed E-state index contributed by atoms with van der Waals surface area (Å²) in [6.07, 6.45) is 5.48. The third-order valence-corrected chi connectivity index (χ3v) is 5.13. The molecule has 28 heavy (non-hydrogen) atoms. The first-order chi connectivity index (χ1) is 13.8. The van der Waals surface area contributed by atoms with Gasteiger partial charge < -0.3 is 9.80 Å². The van der Waals surface area contributed by atoms with Gasteiger partial charge in [0, 0.05) is 25.3 Å². The first-order valence-electron chi connectivity index (χ1n) is 9.77. The number of benzene rings is 2. The summed E-state index contributed by atoms with van der Waals surface area (Å²) in [6.45, 7) is 4.08. The van der Waals surface area contributed by atoms with Gasteiger partial charge in [0.2, 0.25) is 0 Å². The number of nitrogens with zero attached hydrogens (tertiary/aromatic N) is 4. The molecule has 1 aliphatic rings. The normalized spacial score (nSPS) is 13.1. The van der Waals surface area contributed by atoms with Gasteiger partial charge >= 0.3 is 0 Å². The number of anilines is 2. The Labute approximate surface area is 165 Å². The van der Waals surface area contributed by atoms with Crippen LogP contribution in [0.25, 0.3) is 0 Å². The van der Waals surface area contributed by atoms with Crippen LogP contribution in [0, 0.1) is 0 Å². The van der Waals surface area contributed by atoms with E-state index >= 15 is 0 Å². The lowest BCUT2D eigenvalue weighted by atomic mass is 10.0. The van der Waals surface area contributed by atoms with Gasteiger partial charge in [-0.25, -0.2) is 9.97 Å². The number of hydrogen-bond donors (Lipinski definition) is 0. The molecular weight excluding hydrogens is 348 g/mol. The van der Waals surface area contributed by atoms with Crippen LogP contribution in [0.5, 0.6) is 0 Å². The number of fused-ring (bicyclic) bond motifs is 1. The van der Waals surface area contributed by atoms with Crippen LogP contribution in [-0.2, 0) is 13.0 Å². The van der Waals surface area contributed by atoms with Crippen LogP contribution >= 0.6 is 0 Å². The lowest BCUT2D eigenvalue weighted by molar-refractivity contribution is 0.0746. The molecule has 0 radical (unpaired) electrons. The van der Waals surface area contributed by atoms with Gasteiger partial charge in [0.15, 0.2) is 5.82 Å². The van der Waals surface area contributed by atoms with Crippen molar-refractivity contribution in [3.8, 4) is 0 Å². The van der Waals surface area contributed by atoms with Gasteiger partial charge in [-0.3, -0.25) is 4.79 Å². The number of amides is 1. The summed E-state index contributed by atoms with van der Waals surface area (Å²) >= 11 is 0. The zero-order valence-corrected chi connectivity index (χ0v) is 16.1. The Morgan fingerprint density at radius 1 is 1.04 bits per heavy atom. The minimum Gasteiger partial charge on any atom is -0.333 e. The van der Waals surface area contributed by atoms with Gasteiger partial charge in [0.25, 0.3) is 5.91 Å². The topological polar surface area (TPSA) is 49.3 Å². The third-order valence-electron chi connectivity index (χ3n) is 5.13. The Kier molecular flexibility index (Phi) is 5.33. The summed E-state index contributed by atoms with van der Waals surface area (Å²) in [5.74, 6) is 0.694. The molecule has 3 aromatic rings. The Balaban J connectivity index is 1.52. The van der Waals surface area contributed by atoms with E-state index < -0.39 is 0 Å². The van der Waals surface area contributed by atoms with Crippen molar-refractivity contribution < 1.29 is 4.79 Å². The largest absolute Gasteiger partial charge is 0.333 e. The molecule has 5 nitrogen and oxygen atoms in total. The molecule has 5 heteroatoms. The molecule has 0 saturated heterocycles. The summed E-state index contributed by atoms with van der Waals surface area (Å²) < 4.78 is 0. The number of carbonyl (C=O) groups is 1. The maximum atomic E-state index is 12.9. The van der Waals surface area contributed by atoms with Gasteiger partial charge in [-0.1, -0.05) is 48.5 Å². The second kappa shape index (κ2) is 8.21. The van der Waals surface area contributed by atoms with Crippen molar-refractivity contribution in [2.45, 2.75) is 26.3 Å². The molecule has 1 aromatic heterocycles. The van der Waals surface area contributed by atoms with Crippen LogP contribution in [0.15, 0.2) is 67.0 Å². The van der Waals surface area contributed by atoms with Crippen molar-refractivity contribution in [1.82, 2.24) is 14.9 Å². The van der Waals surface area contributed by atoms with Crippen molar-refractivity contribution in [2.75, 3.05) is 18.0 Å². The fourth-order valence-electron chi connectivity index (χ4n) is 3.64. The van der Waals surface area contributed by atoms with E-state index in [0.29, 0.717) is 18.8 Å². The molecule has 1 amide bonds. The Hall–Kier alpha value is -3.21. The molecule has 142 valence electrons. The second-order valence-electron chi connectivity index (χ2n) is 6.95. The Morgan fingerprint density at radius 2 is 1.82 bits per heavy atom. The first-order valence-corrected chi connectivity index (χ1v) is 9.77. The molecule has 0 spiro atoms. The van der Waals surface area contributed by atoms with E-state index in [0.717, 1.165) is 30.8 Å². The molecular formula is C23H24N4O. The molecule has 0 saturated carbocycles. The summed E-state index contributed by atoms with van der Waals surface area (Å²) in [7, 11) is 0. The summed E-state index contributed by atoms with van der Waals surface area (Å²) in [4.78, 5) is 25.8. The maximum Gasteiger partial charge on any atom is 0.274 e. The highest BCUT2D eigenvalue weighted by Crippen LogP contribution is 2.31. The molecule has 1 aliphatic heterocycles. The highest BCUT2D eigenvalue weighted by atomic mass is 16.2. The van der Waals surface area contributed by atoms with Crippen LogP contribution in [0.3, 0.4) is 0 Å². The average molecular weight is 372 g/mol. The highest BCUT2D eigenvalue weighted by Gasteiger charge is 2.21. The monoisotopic (exact) mass is 372 g/mol. The lowest BCUT2D eigenvalue weighted by Gasteiger charge is -2.30. The lowest BCUT2D eigenvalue weighted by Crippen LogP contribution is -2.31. The fraction of sp³-hybridized carbons (Fsp3) is 0.261. The molecule has 0 unspecified atom stereocenters. The third kappa shape index (κ3) is 3.74. The molecule has 0 aliphatic carbocycles. The van der Waals surface area contributed by atoms with E-state index in [2.05, 4.69) is 33.1 Å². The van der Waals surface area contributed by atoms with Crippen LogP contribution in [-0.4, -0.2) is 33.9 Å². The van der Waals surface area contributed by atoms with E-state index in [9.17, 15) is 4.79 Å². The van der Waals surface area contributed by atoms with Crippen molar-refractivity contribution in [2.24, 2.45) is 0 Å². The molecule has 0 bridgehead atoms. The van der Waals surface area contributed by atoms with E-state index in [1.165, 1.54) is 11.3 Å². The summed E-state index contributed by atoms with van der Waals surface area (Å²) in [5.41, 5.74) is 4.00. The summed E-state index contributed by atoms with van der Waals surface area (Å²) in [5, 5.41) is 0. The Morgan fingerprint density at radius 3 is 2.57 bits per heavy atom. The number of rotatable bonds is 5. The predicted octanol–water partition coefficient (Wildman–Crippen LogP) is 4.22. The average Bonchev–Trinajstić information content (AvgIpc) is 2.77. The summed E-state index contributed by atoms with van der Waals surface area (Å²) in [6, 6.07) is 18.4. The number of hydrogen-bond acceptors (Lipinski definition) is 4. The molecule has 0 fully saturated rings. The molecule has 2 aromatic carbocycles. The zero-order valence-electron chi connectivity index (χ0n) is 16.1. The molecule has 0 atom stereocenters. The van der Waals surface area contributed by atoms with Gasteiger partial charge in [-0.05, 0) is 37.0 Å². The second-order valence-corrected chi connectivity index (χ2v) is 6.95. The minimum absolute atomic E-state index is 0.0931. The minimum atomic E-state index is -0.0931. The number of para-hydroxylation sites is 1. The van der Waals surface area contributed by atoms with Gasteiger partial charge in [0.05, 0.1) is 12.4 Å². The van der Waals surface area contributed by atoms with E-state index in [1.807, 2.05) is 43.3 Å². The standard InChI is InChI=1S/C23H24N4O/c1-2-26(17-18-9-4-3-5-10-18)23(28)20-15-25-22(16-24-20)27-14-8-12-19-11-6-7-13-21(19)27/h3-7,9-11,13,15-16H,2,8,12,14,17H2,1H3. The molecule has 4 rings (SSSR count). The number of carbonyl (C=O) groups excluding carboxylic acids is 1. The number of aromatic nitrogens is 2. The van der Waals surface area contributed by atoms with E-state index in [4.69, 9.17) is 0 Å². The van der Waals surface area contributed by atoms with Crippen LogP contribution in [0.1, 0.15) is 35.0 Å². The molecule has 2 heterocycles.